The highest BCUT2D eigenvalue weighted by Gasteiger charge is 2.10. The van der Waals surface area contributed by atoms with Crippen molar-refractivity contribution >= 4 is 7.60 Å². The zero-order chi connectivity index (χ0) is 8.04. The van der Waals surface area contributed by atoms with Crippen molar-refractivity contribution in [1.29, 1.82) is 0 Å². The molecule has 6 heteroatoms. The summed E-state index contributed by atoms with van der Waals surface area (Å²) in [6.07, 6.45) is 0.944. The fourth-order valence-electron chi connectivity index (χ4n) is 0.503. The molecule has 0 heterocycles. The summed E-state index contributed by atoms with van der Waals surface area (Å²) >= 11 is 0. The van der Waals surface area contributed by atoms with E-state index < -0.39 is 7.60 Å². The van der Waals surface area contributed by atoms with E-state index in [2.05, 4.69) is 10.7 Å². The molecular weight excluding hydrogens is 157 g/mol. The first-order chi connectivity index (χ1) is 4.56. The van der Waals surface area contributed by atoms with Crippen molar-refractivity contribution in [1.82, 2.24) is 0 Å². The molecule has 0 atom stereocenters. The van der Waals surface area contributed by atoms with Gasteiger partial charge in [0, 0.05) is 6.16 Å². The normalized spacial score (nSPS) is 11.9. The third kappa shape index (κ3) is 8.07. The van der Waals surface area contributed by atoms with Crippen LogP contribution in [0.4, 0.5) is 0 Å². The summed E-state index contributed by atoms with van der Waals surface area (Å²) in [4.78, 5) is 20.9. The second-order valence-corrected chi connectivity index (χ2v) is 3.74. The Kier molecular flexibility index (Phi) is 4.85. The van der Waals surface area contributed by atoms with E-state index in [0.29, 0.717) is 19.4 Å². The van der Waals surface area contributed by atoms with Crippen molar-refractivity contribution in [3.63, 3.8) is 0 Å². The van der Waals surface area contributed by atoms with Crippen LogP contribution >= 0.6 is 7.60 Å². The molecule has 0 aromatic carbocycles. The lowest BCUT2D eigenvalue weighted by Gasteiger charge is -2.01. The minimum Gasteiger partial charge on any atom is -0.324 e. The molecule has 5 nitrogen and oxygen atoms in total. The molecule has 0 aliphatic carbocycles. The summed E-state index contributed by atoms with van der Waals surface area (Å²) in [5.41, 5.74) is 0. The van der Waals surface area contributed by atoms with E-state index in [1.807, 2.05) is 0 Å². The smallest absolute Gasteiger partial charge is 0.324 e. The van der Waals surface area contributed by atoms with Crippen LogP contribution in [0.25, 0.3) is 0 Å². The van der Waals surface area contributed by atoms with Crippen LogP contribution in [-0.4, -0.2) is 22.6 Å². The van der Waals surface area contributed by atoms with Crippen LogP contribution in [0.3, 0.4) is 0 Å². The molecule has 0 saturated heterocycles. The van der Waals surface area contributed by atoms with E-state index in [9.17, 15) is 4.57 Å². The Bertz CT molecular complexity index is 122. The molecule has 4 N–H and O–H groups in total. The predicted octanol–water partition coefficient (Wildman–Crippen LogP) is -0.165. The molecular formula is C4H12NO4P. The van der Waals surface area contributed by atoms with Crippen LogP contribution in [-0.2, 0) is 9.40 Å². The summed E-state index contributed by atoms with van der Waals surface area (Å²) in [5.74, 6) is 4.68. The molecule has 0 unspecified atom stereocenters. The third-order valence-corrected chi connectivity index (χ3v) is 1.86. The molecule has 0 spiro atoms. The van der Waals surface area contributed by atoms with Gasteiger partial charge < -0.3 is 14.6 Å². The lowest BCUT2D eigenvalue weighted by Crippen LogP contribution is -2.01. The van der Waals surface area contributed by atoms with Crippen LogP contribution < -0.4 is 5.90 Å². The number of nitrogens with two attached hydrogens (primary N) is 1. The van der Waals surface area contributed by atoms with E-state index in [0.717, 1.165) is 0 Å². The van der Waals surface area contributed by atoms with Crippen molar-refractivity contribution in [2.45, 2.75) is 12.8 Å². The topological polar surface area (TPSA) is 92.8 Å². The molecule has 0 aromatic heterocycles. The Hall–Kier alpha value is 0.0700. The van der Waals surface area contributed by atoms with Gasteiger partial charge in [-0.3, -0.25) is 4.57 Å². The summed E-state index contributed by atoms with van der Waals surface area (Å²) in [6, 6.07) is 0. The van der Waals surface area contributed by atoms with Gasteiger partial charge in [-0.25, -0.2) is 5.90 Å². The van der Waals surface area contributed by atoms with E-state index in [1.54, 1.807) is 0 Å². The van der Waals surface area contributed by atoms with Gasteiger partial charge in [0.2, 0.25) is 0 Å². The van der Waals surface area contributed by atoms with Crippen LogP contribution in [0.15, 0.2) is 0 Å². The molecule has 0 aliphatic heterocycles. The van der Waals surface area contributed by atoms with Gasteiger partial charge in [0.05, 0.1) is 6.61 Å². The summed E-state index contributed by atoms with van der Waals surface area (Å²) in [7, 11) is -3.80. The Morgan fingerprint density at radius 1 is 1.40 bits per heavy atom. The molecule has 0 fully saturated rings. The van der Waals surface area contributed by atoms with E-state index in [1.165, 1.54) is 0 Å². The Balaban J connectivity index is 3.13. The SMILES string of the molecule is NOCCCCP(=O)(O)O. The highest BCUT2D eigenvalue weighted by atomic mass is 31.2. The average molecular weight is 169 g/mol. The second-order valence-electron chi connectivity index (χ2n) is 1.97. The lowest BCUT2D eigenvalue weighted by atomic mass is 10.4. The molecule has 62 valence electrons. The highest BCUT2D eigenvalue weighted by Crippen LogP contribution is 2.35. The van der Waals surface area contributed by atoms with E-state index >= 15 is 0 Å². The lowest BCUT2D eigenvalue weighted by molar-refractivity contribution is 0.135. The summed E-state index contributed by atoms with van der Waals surface area (Å²) in [6.45, 7) is 0.347. The molecule has 0 saturated carbocycles. The van der Waals surface area contributed by atoms with Crippen molar-refractivity contribution in [3.05, 3.63) is 0 Å². The van der Waals surface area contributed by atoms with Gasteiger partial charge >= 0.3 is 7.60 Å². The quantitative estimate of drug-likeness (QED) is 0.302. The second kappa shape index (κ2) is 4.82. The van der Waals surface area contributed by atoms with Crippen molar-refractivity contribution in [2.75, 3.05) is 12.8 Å². The monoisotopic (exact) mass is 169 g/mol. The Morgan fingerprint density at radius 3 is 2.40 bits per heavy atom. The maximum absolute atomic E-state index is 10.2. The number of unbranched alkanes of at least 4 members (excludes halogenated alkanes) is 1. The summed E-state index contributed by atoms with van der Waals surface area (Å²) in [5, 5.41) is 0. The van der Waals surface area contributed by atoms with Gasteiger partial charge in [-0.15, -0.1) is 0 Å². The molecule has 0 amide bonds. The molecule has 0 aliphatic rings. The first-order valence-corrected chi connectivity index (χ1v) is 4.72. The number of hydrogen-bond donors (Lipinski definition) is 3. The molecule has 10 heavy (non-hydrogen) atoms. The zero-order valence-corrected chi connectivity index (χ0v) is 6.46. The van der Waals surface area contributed by atoms with Crippen LogP contribution in [0.1, 0.15) is 12.8 Å². The van der Waals surface area contributed by atoms with Gasteiger partial charge in [-0.1, -0.05) is 0 Å². The largest absolute Gasteiger partial charge is 0.325 e. The fraction of sp³-hybridized carbons (Fsp3) is 1.00. The van der Waals surface area contributed by atoms with Crippen molar-refractivity contribution < 1.29 is 19.2 Å². The van der Waals surface area contributed by atoms with Gasteiger partial charge in [0.15, 0.2) is 0 Å². The van der Waals surface area contributed by atoms with Gasteiger partial charge in [-0.2, -0.15) is 0 Å². The zero-order valence-electron chi connectivity index (χ0n) is 5.56. The first-order valence-electron chi connectivity index (χ1n) is 2.92. The Labute approximate surface area is 59.3 Å². The molecule has 0 aromatic rings. The number of rotatable bonds is 5. The minimum atomic E-state index is -3.80. The van der Waals surface area contributed by atoms with Gasteiger partial charge in [0.25, 0.3) is 0 Å². The third-order valence-electron chi connectivity index (χ3n) is 0.962. The molecule has 0 bridgehead atoms. The highest BCUT2D eigenvalue weighted by molar-refractivity contribution is 7.51. The maximum Gasteiger partial charge on any atom is 0.325 e. The average Bonchev–Trinajstić information content (AvgIpc) is 1.78. The predicted molar refractivity (Wildman–Crippen MR) is 36.3 cm³/mol. The van der Waals surface area contributed by atoms with Crippen LogP contribution in [0.5, 0.6) is 0 Å². The maximum atomic E-state index is 10.2. The van der Waals surface area contributed by atoms with Crippen LogP contribution in [0, 0.1) is 0 Å². The van der Waals surface area contributed by atoms with E-state index in [4.69, 9.17) is 9.79 Å². The van der Waals surface area contributed by atoms with Gasteiger partial charge in [-0.05, 0) is 12.8 Å². The van der Waals surface area contributed by atoms with Crippen LogP contribution in [0.2, 0.25) is 0 Å². The number of hydrogen-bond acceptors (Lipinski definition) is 3. The fourth-order valence-corrected chi connectivity index (χ4v) is 1.14. The first kappa shape index (κ1) is 10.1. The molecule has 0 rings (SSSR count). The minimum absolute atomic E-state index is 0.0869. The van der Waals surface area contributed by atoms with Crippen molar-refractivity contribution in [3.8, 4) is 0 Å². The van der Waals surface area contributed by atoms with Crippen molar-refractivity contribution in [2.24, 2.45) is 5.90 Å². The Morgan fingerprint density at radius 2 is 2.00 bits per heavy atom. The molecule has 0 radical (unpaired) electrons. The summed E-state index contributed by atoms with van der Waals surface area (Å²) < 4.78 is 10.2. The van der Waals surface area contributed by atoms with E-state index in [-0.39, 0.29) is 6.16 Å². The standard InChI is InChI=1S/C4H12NO4P/c5-9-3-1-2-4-10(6,7)8/h1-5H2,(H2,6,7,8). The van der Waals surface area contributed by atoms with Gasteiger partial charge in [0.1, 0.15) is 0 Å².